The van der Waals surface area contributed by atoms with Gasteiger partial charge >= 0.3 is 12.1 Å². The molecule has 0 saturated heterocycles. The van der Waals surface area contributed by atoms with E-state index in [1.807, 2.05) is 0 Å². The Labute approximate surface area is 227 Å². The summed E-state index contributed by atoms with van der Waals surface area (Å²) >= 11 is 11.9. The molecule has 0 spiro atoms. The number of carboxylic acids is 1. The van der Waals surface area contributed by atoms with Crippen molar-refractivity contribution in [2.24, 2.45) is 0 Å². The van der Waals surface area contributed by atoms with Crippen LogP contribution in [0.15, 0.2) is 30.3 Å². The molecule has 2 aromatic rings. The number of ether oxygens (including phenoxy) is 1. The van der Waals surface area contributed by atoms with Gasteiger partial charge in [-0.25, -0.2) is 14.6 Å². The zero-order chi connectivity index (χ0) is 26.2. The first-order valence-corrected chi connectivity index (χ1v) is 13.7. The normalized spacial score (nSPS) is 15.5. The number of hydrogen-bond acceptors (Lipinski definition) is 6. The second kappa shape index (κ2) is 13.3. The predicted molar refractivity (Wildman–Crippen MR) is 144 cm³/mol. The average molecular weight is 549 g/mol. The minimum atomic E-state index is -1.08. The molecule has 8 nitrogen and oxygen atoms in total. The van der Waals surface area contributed by atoms with Gasteiger partial charge in [-0.2, -0.15) is 0 Å². The summed E-state index contributed by atoms with van der Waals surface area (Å²) in [5.41, 5.74) is 3.04. The van der Waals surface area contributed by atoms with E-state index in [1.54, 1.807) is 18.2 Å². The number of fused-ring (bicyclic) bond motifs is 1. The zero-order valence-corrected chi connectivity index (χ0v) is 22.4. The van der Waals surface area contributed by atoms with Crippen molar-refractivity contribution in [2.75, 3.05) is 25.0 Å². The van der Waals surface area contributed by atoms with E-state index >= 15 is 0 Å². The molecular weight excluding hydrogens is 515 g/mol. The fourth-order valence-corrected chi connectivity index (χ4v) is 5.20. The lowest BCUT2D eigenvalue weighted by Gasteiger charge is -2.24. The van der Waals surface area contributed by atoms with Crippen molar-refractivity contribution in [2.45, 2.75) is 70.1 Å². The maximum atomic E-state index is 12.2. The Morgan fingerprint density at radius 1 is 1.16 bits per heavy atom. The molecule has 2 aliphatic rings. The van der Waals surface area contributed by atoms with Crippen molar-refractivity contribution < 1.29 is 19.4 Å². The lowest BCUT2D eigenvalue weighted by Crippen LogP contribution is -2.43. The van der Waals surface area contributed by atoms with Crippen LogP contribution in [0.1, 0.15) is 55.3 Å². The molecule has 1 amide bonds. The molecule has 1 fully saturated rings. The smallest absolute Gasteiger partial charge is 0.408 e. The molecule has 2 heterocycles. The summed E-state index contributed by atoms with van der Waals surface area (Å²) in [7, 11) is 0. The van der Waals surface area contributed by atoms with Gasteiger partial charge in [0.05, 0.1) is 0 Å². The Kier molecular flexibility index (Phi) is 9.88. The van der Waals surface area contributed by atoms with E-state index in [-0.39, 0.29) is 6.61 Å². The number of halogens is 2. The van der Waals surface area contributed by atoms with Crippen LogP contribution in [-0.2, 0) is 29.0 Å². The highest BCUT2D eigenvalue weighted by Crippen LogP contribution is 2.28. The number of hydrogen-bond donors (Lipinski definition) is 3. The van der Waals surface area contributed by atoms with Crippen LogP contribution in [0, 0.1) is 0 Å². The summed E-state index contributed by atoms with van der Waals surface area (Å²) in [6.07, 6.45) is 7.00. The molecule has 10 heteroatoms. The van der Waals surface area contributed by atoms with Crippen LogP contribution in [0.25, 0.3) is 0 Å². The molecule has 37 heavy (non-hydrogen) atoms. The van der Waals surface area contributed by atoms with Crippen molar-refractivity contribution >= 4 is 41.1 Å². The van der Waals surface area contributed by atoms with Gasteiger partial charge in [0.15, 0.2) is 0 Å². The monoisotopic (exact) mass is 548 g/mol. The lowest BCUT2D eigenvalue weighted by atomic mass is 10.1. The minimum Gasteiger partial charge on any atom is -0.480 e. The summed E-state index contributed by atoms with van der Waals surface area (Å²) in [6.45, 7) is 2.44. The Morgan fingerprint density at radius 3 is 2.68 bits per heavy atom. The van der Waals surface area contributed by atoms with E-state index in [0.717, 1.165) is 69.5 Å². The zero-order valence-electron chi connectivity index (χ0n) is 20.8. The van der Waals surface area contributed by atoms with Gasteiger partial charge < -0.3 is 25.4 Å². The molecule has 1 atom stereocenters. The maximum Gasteiger partial charge on any atom is 0.408 e. The third kappa shape index (κ3) is 8.76. The average Bonchev–Trinajstić information content (AvgIpc) is 3.71. The lowest BCUT2D eigenvalue weighted by molar-refractivity contribution is -0.139. The minimum absolute atomic E-state index is 0.0538. The highest BCUT2D eigenvalue weighted by atomic mass is 35.5. The number of anilines is 1. The number of alkyl carbamates (subject to hydrolysis) is 1. The number of rotatable bonds is 13. The number of pyridine rings is 1. The molecule has 0 radical (unpaired) electrons. The second-order valence-corrected chi connectivity index (χ2v) is 10.6. The van der Waals surface area contributed by atoms with Gasteiger partial charge in [-0.15, -0.1) is 0 Å². The number of aromatic nitrogens is 1. The summed E-state index contributed by atoms with van der Waals surface area (Å²) in [5, 5.41) is 16.4. The molecule has 4 rings (SSSR count). The molecule has 200 valence electrons. The van der Waals surface area contributed by atoms with Crippen molar-refractivity contribution in [3.63, 3.8) is 0 Å². The first-order chi connectivity index (χ1) is 17.9. The number of nitrogens with zero attached hydrogens (tertiary/aromatic N) is 2. The van der Waals surface area contributed by atoms with Gasteiger partial charge in [0.25, 0.3) is 0 Å². The predicted octanol–water partition coefficient (Wildman–Crippen LogP) is 5.30. The van der Waals surface area contributed by atoms with Gasteiger partial charge in [-0.1, -0.05) is 29.3 Å². The van der Waals surface area contributed by atoms with Gasteiger partial charge in [0.2, 0.25) is 0 Å². The molecule has 3 N–H and O–H groups in total. The van der Waals surface area contributed by atoms with E-state index in [2.05, 4.69) is 27.7 Å². The maximum absolute atomic E-state index is 12.2. The van der Waals surface area contributed by atoms with Crippen LogP contribution in [0.5, 0.6) is 0 Å². The van der Waals surface area contributed by atoms with Crippen LogP contribution in [-0.4, -0.2) is 58.8 Å². The molecule has 1 saturated carbocycles. The van der Waals surface area contributed by atoms with E-state index in [1.165, 1.54) is 5.56 Å². The Morgan fingerprint density at radius 2 is 1.95 bits per heavy atom. The molecule has 1 aliphatic heterocycles. The summed E-state index contributed by atoms with van der Waals surface area (Å²) in [5.74, 6) is -0.0453. The number of carbonyl (C=O) groups is 2. The number of unbranched alkanes of at least 4 members (excludes halogenated alkanes) is 1. The highest BCUT2D eigenvalue weighted by molar-refractivity contribution is 6.34. The van der Waals surface area contributed by atoms with Crippen molar-refractivity contribution in [1.82, 2.24) is 15.2 Å². The topological polar surface area (TPSA) is 104 Å². The fourth-order valence-electron chi connectivity index (χ4n) is 4.63. The molecule has 1 unspecified atom stereocenters. The first kappa shape index (κ1) is 27.5. The van der Waals surface area contributed by atoms with Crippen molar-refractivity contribution in [3.05, 3.63) is 57.2 Å². The molecule has 0 bridgehead atoms. The van der Waals surface area contributed by atoms with Crippen LogP contribution in [0.2, 0.25) is 10.0 Å². The van der Waals surface area contributed by atoms with Crippen molar-refractivity contribution in [3.8, 4) is 0 Å². The summed E-state index contributed by atoms with van der Waals surface area (Å²) in [6, 6.07) is 8.66. The number of amides is 1. The third-order valence-electron chi connectivity index (χ3n) is 6.73. The number of carboxylic acid groups (broad SMARTS) is 1. The van der Waals surface area contributed by atoms with Gasteiger partial charge in [-0.05, 0) is 93.3 Å². The van der Waals surface area contributed by atoms with Gasteiger partial charge in [0, 0.05) is 34.9 Å². The van der Waals surface area contributed by atoms with Crippen LogP contribution >= 0.6 is 23.2 Å². The number of benzene rings is 1. The third-order valence-corrected chi connectivity index (χ3v) is 7.17. The molecule has 1 aromatic carbocycles. The number of aliphatic carboxylic acids is 1. The quantitative estimate of drug-likeness (QED) is 0.291. The summed E-state index contributed by atoms with van der Waals surface area (Å²) < 4.78 is 5.19. The first-order valence-electron chi connectivity index (χ1n) is 12.9. The van der Waals surface area contributed by atoms with E-state index in [0.29, 0.717) is 34.6 Å². The van der Waals surface area contributed by atoms with E-state index < -0.39 is 18.1 Å². The Bertz CT molecular complexity index is 1080. The van der Waals surface area contributed by atoms with Crippen LogP contribution < -0.4 is 10.6 Å². The largest absolute Gasteiger partial charge is 0.480 e. The van der Waals surface area contributed by atoms with Gasteiger partial charge in [0.1, 0.15) is 18.5 Å². The van der Waals surface area contributed by atoms with Gasteiger partial charge in [-0.3, -0.25) is 0 Å². The van der Waals surface area contributed by atoms with Crippen LogP contribution in [0.4, 0.5) is 10.6 Å². The van der Waals surface area contributed by atoms with Crippen molar-refractivity contribution in [1.29, 1.82) is 0 Å². The summed E-state index contributed by atoms with van der Waals surface area (Å²) in [4.78, 5) is 31.1. The fraction of sp³-hybridized carbons (Fsp3) is 0.519. The standard InChI is InChI=1S/C27H34Cl2N4O4/c28-20-14-18(15-21(29)16-20)17-37-27(36)32-24(26(34)35)10-13-33(23-8-9-23)12-2-1-5-22-7-6-19-4-3-11-30-25(19)31-22/h6-7,14-16,23-24H,1-5,8-13,17H2,(H,30,31)(H,32,36)(H,34,35). The molecule has 1 aromatic heterocycles. The van der Waals surface area contributed by atoms with E-state index in [4.69, 9.17) is 32.9 Å². The molecule has 1 aliphatic carbocycles. The molecular formula is C27H34Cl2N4O4. The Hall–Kier alpha value is -2.55. The number of nitrogens with one attached hydrogen (secondary N) is 2. The van der Waals surface area contributed by atoms with E-state index in [9.17, 15) is 14.7 Å². The second-order valence-electron chi connectivity index (χ2n) is 9.74. The van der Waals surface area contributed by atoms with Crippen LogP contribution in [0.3, 0.4) is 0 Å². The number of aryl methyl sites for hydroxylation is 2. The Balaban J connectivity index is 1.19. The number of carbonyl (C=O) groups excluding carboxylic acids is 1. The highest BCUT2D eigenvalue weighted by Gasteiger charge is 2.30. The SMILES string of the molecule is O=C(NC(CCN(CCCCc1ccc2c(n1)NCCC2)C1CC1)C(=O)O)OCc1cc(Cl)cc(Cl)c1.